The van der Waals surface area contributed by atoms with Gasteiger partial charge in [-0.2, -0.15) is 0 Å². The molecule has 4 N–H and O–H groups in total. The Morgan fingerprint density at radius 1 is 1.45 bits per heavy atom. The van der Waals surface area contributed by atoms with E-state index in [9.17, 15) is 14.7 Å². The largest absolute Gasteiger partial charge is 0.497 e. The fraction of sp³-hybridized carbons (Fsp3) is 0.429. The summed E-state index contributed by atoms with van der Waals surface area (Å²) in [7, 11) is 1.48. The number of benzene rings is 1. The summed E-state index contributed by atoms with van der Waals surface area (Å²) >= 11 is 0. The van der Waals surface area contributed by atoms with Gasteiger partial charge in [0.05, 0.1) is 12.7 Å². The first-order chi connectivity index (χ1) is 9.34. The number of anilines is 1. The number of nitrogens with two attached hydrogens (primary N) is 1. The predicted molar refractivity (Wildman–Crippen MR) is 75.8 cm³/mol. The van der Waals surface area contributed by atoms with Gasteiger partial charge in [0.15, 0.2) is 0 Å². The number of carbonyl (C=O) groups excluding carboxylic acids is 1. The van der Waals surface area contributed by atoms with Gasteiger partial charge in [-0.25, -0.2) is 4.79 Å². The molecular formula is C14H20N2O4. The Morgan fingerprint density at radius 2 is 2.10 bits per heavy atom. The second kappa shape index (κ2) is 6.27. The molecule has 6 heteroatoms. The third-order valence-electron chi connectivity index (χ3n) is 3.12. The van der Waals surface area contributed by atoms with Crippen molar-refractivity contribution in [2.45, 2.75) is 32.2 Å². The van der Waals surface area contributed by atoms with E-state index in [1.807, 2.05) is 6.92 Å². The third-order valence-corrected chi connectivity index (χ3v) is 3.12. The molecule has 1 rings (SSSR count). The van der Waals surface area contributed by atoms with Crippen molar-refractivity contribution in [3.63, 3.8) is 0 Å². The zero-order valence-corrected chi connectivity index (χ0v) is 11.9. The highest BCUT2D eigenvalue weighted by molar-refractivity contribution is 6.02. The molecule has 0 fully saturated rings. The van der Waals surface area contributed by atoms with E-state index in [1.165, 1.54) is 20.1 Å². The summed E-state index contributed by atoms with van der Waals surface area (Å²) in [5.74, 6) is -1.12. The number of carbonyl (C=O) groups is 2. The standard InChI is InChI=1S/C14H20N2O4/c1-4-7-14(2,13(18)19)16-12(17)10-8-9(20-3)5-6-11(10)15/h5-6,8H,4,7,15H2,1-3H3,(H,16,17)(H,18,19). The van der Waals surface area contributed by atoms with Gasteiger partial charge in [-0.15, -0.1) is 0 Å². The number of rotatable bonds is 6. The van der Waals surface area contributed by atoms with E-state index < -0.39 is 17.4 Å². The lowest BCUT2D eigenvalue weighted by molar-refractivity contribution is -0.144. The van der Waals surface area contributed by atoms with Crippen molar-refractivity contribution in [2.75, 3.05) is 12.8 Å². The van der Waals surface area contributed by atoms with Crippen LogP contribution in [0.15, 0.2) is 18.2 Å². The van der Waals surface area contributed by atoms with Gasteiger partial charge in [0.25, 0.3) is 5.91 Å². The van der Waals surface area contributed by atoms with Crippen molar-refractivity contribution >= 4 is 17.6 Å². The average molecular weight is 280 g/mol. The lowest BCUT2D eigenvalue weighted by atomic mass is 9.95. The van der Waals surface area contributed by atoms with Crippen LogP contribution in [-0.4, -0.2) is 29.6 Å². The van der Waals surface area contributed by atoms with Gasteiger partial charge in [-0.05, 0) is 31.5 Å². The van der Waals surface area contributed by atoms with E-state index in [-0.39, 0.29) is 11.3 Å². The predicted octanol–water partition coefficient (Wildman–Crippen LogP) is 1.65. The van der Waals surface area contributed by atoms with E-state index in [0.717, 1.165) is 0 Å². The summed E-state index contributed by atoms with van der Waals surface area (Å²) in [6.07, 6.45) is 0.967. The molecule has 0 radical (unpaired) electrons. The number of carboxylic acid groups (broad SMARTS) is 1. The van der Waals surface area contributed by atoms with Gasteiger partial charge in [-0.3, -0.25) is 4.79 Å². The number of hydrogen-bond acceptors (Lipinski definition) is 4. The lowest BCUT2D eigenvalue weighted by Crippen LogP contribution is -2.52. The zero-order chi connectivity index (χ0) is 15.3. The highest BCUT2D eigenvalue weighted by Gasteiger charge is 2.34. The fourth-order valence-electron chi connectivity index (χ4n) is 1.90. The first-order valence-corrected chi connectivity index (χ1v) is 6.33. The van der Waals surface area contributed by atoms with Crippen LogP contribution in [0, 0.1) is 0 Å². The van der Waals surface area contributed by atoms with E-state index in [0.29, 0.717) is 18.6 Å². The van der Waals surface area contributed by atoms with Crippen LogP contribution in [0.4, 0.5) is 5.69 Å². The van der Waals surface area contributed by atoms with Gasteiger partial charge in [0.1, 0.15) is 11.3 Å². The molecule has 0 aromatic heterocycles. The Morgan fingerprint density at radius 3 is 2.60 bits per heavy atom. The first-order valence-electron chi connectivity index (χ1n) is 6.33. The fourth-order valence-corrected chi connectivity index (χ4v) is 1.90. The van der Waals surface area contributed by atoms with E-state index in [1.54, 1.807) is 12.1 Å². The molecular weight excluding hydrogens is 260 g/mol. The van der Waals surface area contributed by atoms with Gasteiger partial charge in [-0.1, -0.05) is 13.3 Å². The van der Waals surface area contributed by atoms with Gasteiger partial charge in [0, 0.05) is 5.69 Å². The number of nitrogens with one attached hydrogen (secondary N) is 1. The molecule has 1 atom stereocenters. The summed E-state index contributed by atoms with van der Waals surface area (Å²) in [6.45, 7) is 3.33. The highest BCUT2D eigenvalue weighted by Crippen LogP contribution is 2.21. The Balaban J connectivity index is 3.03. The molecule has 0 aliphatic rings. The maximum Gasteiger partial charge on any atom is 0.329 e. The van der Waals surface area contributed by atoms with Crippen LogP contribution in [0.1, 0.15) is 37.0 Å². The molecule has 1 unspecified atom stereocenters. The van der Waals surface area contributed by atoms with Gasteiger partial charge < -0.3 is 20.9 Å². The number of nitrogen functional groups attached to an aromatic ring is 1. The Hall–Kier alpha value is -2.24. The molecule has 20 heavy (non-hydrogen) atoms. The maximum absolute atomic E-state index is 12.2. The van der Waals surface area contributed by atoms with Crippen molar-refractivity contribution in [1.82, 2.24) is 5.32 Å². The van der Waals surface area contributed by atoms with Gasteiger partial charge in [0.2, 0.25) is 0 Å². The molecule has 0 bridgehead atoms. The van der Waals surface area contributed by atoms with Crippen LogP contribution < -0.4 is 15.8 Å². The molecule has 1 aromatic carbocycles. The van der Waals surface area contributed by atoms with Crippen molar-refractivity contribution in [3.8, 4) is 5.75 Å². The smallest absolute Gasteiger partial charge is 0.329 e. The quantitative estimate of drug-likeness (QED) is 0.688. The number of hydrogen-bond donors (Lipinski definition) is 3. The number of amides is 1. The summed E-state index contributed by atoms with van der Waals surface area (Å²) in [6, 6.07) is 4.67. The van der Waals surface area contributed by atoms with Crippen molar-refractivity contribution in [2.24, 2.45) is 0 Å². The van der Waals surface area contributed by atoms with E-state index in [4.69, 9.17) is 10.5 Å². The second-order valence-corrected chi connectivity index (χ2v) is 4.79. The Labute approximate surface area is 117 Å². The molecule has 0 heterocycles. The topological polar surface area (TPSA) is 102 Å². The minimum Gasteiger partial charge on any atom is -0.497 e. The number of aliphatic carboxylic acids is 1. The molecule has 1 aromatic rings. The first kappa shape index (κ1) is 15.8. The van der Waals surface area contributed by atoms with Crippen LogP contribution >= 0.6 is 0 Å². The molecule has 0 saturated heterocycles. The van der Waals surface area contributed by atoms with Crippen molar-refractivity contribution < 1.29 is 19.4 Å². The van der Waals surface area contributed by atoms with Crippen LogP contribution in [0.2, 0.25) is 0 Å². The molecule has 0 saturated carbocycles. The SMILES string of the molecule is CCCC(C)(NC(=O)c1cc(OC)ccc1N)C(=O)O. The van der Waals surface area contributed by atoms with Crippen LogP contribution in [0.3, 0.4) is 0 Å². The van der Waals surface area contributed by atoms with Crippen LogP contribution in [0.25, 0.3) is 0 Å². The van der Waals surface area contributed by atoms with Gasteiger partial charge >= 0.3 is 5.97 Å². The molecule has 0 aliphatic carbocycles. The molecule has 0 spiro atoms. The summed E-state index contributed by atoms with van der Waals surface area (Å²) in [5.41, 5.74) is 4.90. The van der Waals surface area contributed by atoms with E-state index in [2.05, 4.69) is 5.32 Å². The zero-order valence-electron chi connectivity index (χ0n) is 11.9. The number of carboxylic acids is 1. The average Bonchev–Trinajstić information content (AvgIpc) is 2.39. The summed E-state index contributed by atoms with van der Waals surface area (Å²) < 4.78 is 5.03. The number of methoxy groups -OCH3 is 1. The molecule has 110 valence electrons. The second-order valence-electron chi connectivity index (χ2n) is 4.79. The minimum absolute atomic E-state index is 0.202. The van der Waals surface area contributed by atoms with Crippen molar-refractivity contribution in [3.05, 3.63) is 23.8 Å². The van der Waals surface area contributed by atoms with E-state index >= 15 is 0 Å². The summed E-state index contributed by atoms with van der Waals surface area (Å²) in [4.78, 5) is 23.5. The lowest BCUT2D eigenvalue weighted by Gasteiger charge is -2.26. The summed E-state index contributed by atoms with van der Waals surface area (Å²) in [5, 5.41) is 11.8. The monoisotopic (exact) mass is 280 g/mol. The normalized spacial score (nSPS) is 13.3. The van der Waals surface area contributed by atoms with Crippen molar-refractivity contribution in [1.29, 1.82) is 0 Å². The number of ether oxygens (including phenoxy) is 1. The third kappa shape index (κ3) is 3.40. The van der Waals surface area contributed by atoms with Crippen LogP contribution in [0.5, 0.6) is 5.75 Å². The Kier molecular flexibility index (Phi) is 4.96. The minimum atomic E-state index is -1.32. The maximum atomic E-state index is 12.2. The molecule has 6 nitrogen and oxygen atoms in total. The Bertz CT molecular complexity index is 516. The molecule has 1 amide bonds. The van der Waals surface area contributed by atoms with Crippen LogP contribution in [-0.2, 0) is 4.79 Å². The highest BCUT2D eigenvalue weighted by atomic mass is 16.5. The molecule has 0 aliphatic heterocycles.